The van der Waals surface area contributed by atoms with Gasteiger partial charge in [0.25, 0.3) is 0 Å². The number of fused-ring (bicyclic) bond motifs is 1. The first-order valence-corrected chi connectivity index (χ1v) is 7.13. The maximum atomic E-state index is 11.7. The molecular weight excluding hydrogens is 282 g/mol. The second-order valence-electron chi connectivity index (χ2n) is 5.53. The Balaban J connectivity index is 2.09. The summed E-state index contributed by atoms with van der Waals surface area (Å²) in [5.41, 5.74) is 2.63. The average molecular weight is 299 g/mol. The van der Waals surface area contributed by atoms with Gasteiger partial charge in [-0.25, -0.2) is 4.79 Å². The first-order chi connectivity index (χ1) is 10.6. The van der Waals surface area contributed by atoms with Gasteiger partial charge >= 0.3 is 5.63 Å². The van der Waals surface area contributed by atoms with Gasteiger partial charge in [-0.15, -0.1) is 0 Å². The highest BCUT2D eigenvalue weighted by Gasteiger charge is 2.10. The third-order valence-electron chi connectivity index (χ3n) is 3.58. The van der Waals surface area contributed by atoms with Crippen LogP contribution < -0.4 is 5.63 Å². The molecule has 3 rings (SSSR count). The molecule has 2 heterocycles. The summed E-state index contributed by atoms with van der Waals surface area (Å²) in [6.45, 7) is 4.42. The molecule has 1 aromatic carbocycles. The molecule has 3 aromatic rings. The summed E-state index contributed by atoms with van der Waals surface area (Å²) >= 11 is 0. The minimum Gasteiger partial charge on any atom is -0.423 e. The summed E-state index contributed by atoms with van der Waals surface area (Å²) in [6.07, 6.45) is 1.51. The Bertz CT molecular complexity index is 864. The van der Waals surface area contributed by atoms with Gasteiger partial charge in [-0.2, -0.15) is 15.0 Å². The van der Waals surface area contributed by atoms with Gasteiger partial charge in [0.1, 0.15) is 11.3 Å². The van der Waals surface area contributed by atoms with Crippen molar-refractivity contribution in [1.82, 2.24) is 15.0 Å². The van der Waals surface area contributed by atoms with E-state index >= 15 is 0 Å². The highest BCUT2D eigenvalue weighted by atomic mass is 16.4. The molecule has 0 aliphatic carbocycles. The summed E-state index contributed by atoms with van der Waals surface area (Å²) < 4.78 is 5.26. The van der Waals surface area contributed by atoms with Crippen LogP contribution in [0.2, 0.25) is 0 Å². The van der Waals surface area contributed by atoms with Gasteiger partial charge in [-0.3, -0.25) is 0 Å². The number of aliphatic hydroxyl groups excluding tert-OH is 1. The number of hydrogen-bond acceptors (Lipinski definition) is 5. The molecule has 0 amide bonds. The Morgan fingerprint density at radius 3 is 2.82 bits per heavy atom. The molecule has 0 saturated heterocycles. The molecule has 0 saturated carbocycles. The predicted molar refractivity (Wildman–Crippen MR) is 81.6 cm³/mol. The molecule has 0 aliphatic rings. The van der Waals surface area contributed by atoms with E-state index in [-0.39, 0.29) is 6.61 Å². The number of aliphatic hydroxyl groups is 1. The maximum absolute atomic E-state index is 11.7. The third kappa shape index (κ3) is 2.78. The van der Waals surface area contributed by atoms with Crippen molar-refractivity contribution in [2.75, 3.05) is 0 Å². The summed E-state index contributed by atoms with van der Waals surface area (Å²) in [5.74, 6) is 0.382. The fraction of sp³-hybridized carbons (Fsp3) is 0.312. The van der Waals surface area contributed by atoms with E-state index in [1.54, 1.807) is 0 Å². The van der Waals surface area contributed by atoms with Crippen molar-refractivity contribution in [3.63, 3.8) is 0 Å². The van der Waals surface area contributed by atoms with Crippen LogP contribution in [-0.2, 0) is 13.2 Å². The van der Waals surface area contributed by atoms with Crippen LogP contribution in [-0.4, -0.2) is 20.1 Å². The largest absolute Gasteiger partial charge is 0.423 e. The van der Waals surface area contributed by atoms with Crippen LogP contribution in [0.5, 0.6) is 0 Å². The number of nitrogens with zero attached hydrogens (tertiary/aromatic N) is 3. The van der Waals surface area contributed by atoms with Crippen LogP contribution in [0.15, 0.2) is 39.7 Å². The van der Waals surface area contributed by atoms with Crippen molar-refractivity contribution >= 4 is 11.0 Å². The average Bonchev–Trinajstić information content (AvgIpc) is 2.94. The maximum Gasteiger partial charge on any atom is 0.336 e. The van der Waals surface area contributed by atoms with E-state index in [4.69, 9.17) is 9.52 Å². The molecule has 0 radical (unpaired) electrons. The first-order valence-electron chi connectivity index (χ1n) is 7.13. The van der Waals surface area contributed by atoms with E-state index in [0.717, 1.165) is 10.9 Å². The van der Waals surface area contributed by atoms with Gasteiger partial charge in [0.15, 0.2) is 0 Å². The van der Waals surface area contributed by atoms with E-state index in [1.165, 1.54) is 22.6 Å². The minimum absolute atomic E-state index is 0.158. The molecule has 2 aromatic heterocycles. The highest BCUT2D eigenvalue weighted by Crippen LogP contribution is 2.23. The third-order valence-corrected chi connectivity index (χ3v) is 3.58. The number of benzene rings is 1. The van der Waals surface area contributed by atoms with Crippen LogP contribution in [0.1, 0.15) is 36.6 Å². The standard InChI is InChI=1S/C16H17N3O3/c1-10(2)11-3-4-15-14(5-11)12(6-16(21)22-15)8-19-17-7-13(9-20)18-19/h3-7,10,20H,8-9H2,1-2H3. The lowest BCUT2D eigenvalue weighted by Crippen LogP contribution is -2.08. The molecule has 0 atom stereocenters. The summed E-state index contributed by atoms with van der Waals surface area (Å²) in [4.78, 5) is 13.2. The van der Waals surface area contributed by atoms with E-state index in [1.807, 2.05) is 18.2 Å². The van der Waals surface area contributed by atoms with Crippen molar-refractivity contribution < 1.29 is 9.52 Å². The fourth-order valence-electron chi connectivity index (χ4n) is 2.37. The molecule has 6 nitrogen and oxygen atoms in total. The van der Waals surface area contributed by atoms with Crippen molar-refractivity contribution in [2.45, 2.75) is 32.9 Å². The van der Waals surface area contributed by atoms with Crippen LogP contribution >= 0.6 is 0 Å². The van der Waals surface area contributed by atoms with Gasteiger partial charge in [0, 0.05) is 11.5 Å². The topological polar surface area (TPSA) is 81.2 Å². The predicted octanol–water partition coefficient (Wildman–Crippen LogP) is 2.05. The van der Waals surface area contributed by atoms with Crippen LogP contribution in [0.3, 0.4) is 0 Å². The SMILES string of the molecule is CC(C)c1ccc2oc(=O)cc(Cn3ncc(CO)n3)c2c1. The van der Waals surface area contributed by atoms with Crippen molar-refractivity contribution in [3.8, 4) is 0 Å². The Morgan fingerprint density at radius 2 is 2.14 bits per heavy atom. The van der Waals surface area contributed by atoms with Crippen molar-refractivity contribution in [1.29, 1.82) is 0 Å². The Labute approximate surface area is 127 Å². The normalized spacial score (nSPS) is 11.5. The van der Waals surface area contributed by atoms with Crippen LogP contribution in [0.25, 0.3) is 11.0 Å². The van der Waals surface area contributed by atoms with Crippen molar-refractivity contribution in [2.24, 2.45) is 0 Å². The smallest absolute Gasteiger partial charge is 0.336 e. The molecule has 114 valence electrons. The van der Waals surface area contributed by atoms with E-state index in [0.29, 0.717) is 23.7 Å². The quantitative estimate of drug-likeness (QED) is 0.746. The van der Waals surface area contributed by atoms with Gasteiger partial charge in [0.2, 0.25) is 0 Å². The molecule has 0 aliphatic heterocycles. The summed E-state index contributed by atoms with van der Waals surface area (Å²) in [7, 11) is 0. The van der Waals surface area contributed by atoms with Crippen LogP contribution in [0.4, 0.5) is 0 Å². The Kier molecular flexibility index (Phi) is 3.77. The molecule has 0 fully saturated rings. The Morgan fingerprint density at radius 1 is 1.32 bits per heavy atom. The summed E-state index contributed by atoms with van der Waals surface area (Å²) in [5, 5.41) is 18.2. The first kappa shape index (κ1) is 14.5. The lowest BCUT2D eigenvalue weighted by molar-refractivity contribution is 0.275. The van der Waals surface area contributed by atoms with Crippen molar-refractivity contribution in [3.05, 3.63) is 57.7 Å². The van der Waals surface area contributed by atoms with Gasteiger partial charge < -0.3 is 9.52 Å². The lowest BCUT2D eigenvalue weighted by atomic mass is 9.99. The van der Waals surface area contributed by atoms with Gasteiger partial charge in [-0.1, -0.05) is 19.9 Å². The lowest BCUT2D eigenvalue weighted by Gasteiger charge is -2.09. The highest BCUT2D eigenvalue weighted by molar-refractivity contribution is 5.81. The van der Waals surface area contributed by atoms with E-state index in [2.05, 4.69) is 24.0 Å². The molecule has 0 spiro atoms. The van der Waals surface area contributed by atoms with Gasteiger partial charge in [0.05, 0.1) is 19.3 Å². The number of hydrogen-bond donors (Lipinski definition) is 1. The molecule has 0 unspecified atom stereocenters. The zero-order chi connectivity index (χ0) is 15.7. The van der Waals surface area contributed by atoms with E-state index < -0.39 is 5.63 Å². The number of rotatable bonds is 4. The molecule has 6 heteroatoms. The molecule has 1 N–H and O–H groups in total. The molecular formula is C16H17N3O3. The summed E-state index contributed by atoms with van der Waals surface area (Å²) in [6, 6.07) is 7.30. The fourth-order valence-corrected chi connectivity index (χ4v) is 2.37. The number of aromatic nitrogens is 3. The molecule has 0 bridgehead atoms. The van der Waals surface area contributed by atoms with E-state index in [9.17, 15) is 4.79 Å². The monoisotopic (exact) mass is 299 g/mol. The van der Waals surface area contributed by atoms with Gasteiger partial charge in [-0.05, 0) is 29.2 Å². The minimum atomic E-state index is -0.394. The zero-order valence-electron chi connectivity index (χ0n) is 12.5. The molecule has 22 heavy (non-hydrogen) atoms. The zero-order valence-corrected chi connectivity index (χ0v) is 12.5. The second-order valence-corrected chi connectivity index (χ2v) is 5.53. The Hall–Kier alpha value is -2.47. The van der Waals surface area contributed by atoms with Crippen LogP contribution in [0, 0.1) is 0 Å². The second kappa shape index (κ2) is 5.73.